The maximum absolute atomic E-state index is 13.8. The van der Waals surface area contributed by atoms with E-state index < -0.39 is 9.84 Å². The van der Waals surface area contributed by atoms with Crippen molar-refractivity contribution in [2.45, 2.75) is 43.5 Å². The number of nitrogens with one attached hydrogen (secondary N) is 2. The zero-order valence-corrected chi connectivity index (χ0v) is 18.7. The van der Waals surface area contributed by atoms with Crippen molar-refractivity contribution in [3.63, 3.8) is 0 Å². The van der Waals surface area contributed by atoms with E-state index in [1.807, 2.05) is 0 Å². The minimum atomic E-state index is -3.21. The second-order valence-corrected chi connectivity index (χ2v) is 10.4. The summed E-state index contributed by atoms with van der Waals surface area (Å²) in [5, 5.41) is 6.65. The van der Waals surface area contributed by atoms with Gasteiger partial charge < -0.3 is 15.4 Å². The molecule has 3 rings (SSSR count). The number of nitrogens with zero attached hydrogens (tertiary/aromatic N) is 2. The summed E-state index contributed by atoms with van der Waals surface area (Å²) in [6.07, 6.45) is 5.62. The monoisotopic (exact) mass is 440 g/mol. The predicted octanol–water partition coefficient (Wildman–Crippen LogP) is 1.68. The van der Waals surface area contributed by atoms with Crippen LogP contribution in [-0.4, -0.2) is 71.0 Å². The number of benzene rings is 1. The van der Waals surface area contributed by atoms with Gasteiger partial charge in [-0.15, -0.1) is 0 Å². The van der Waals surface area contributed by atoms with Crippen molar-refractivity contribution in [2.75, 3.05) is 46.2 Å². The highest BCUT2D eigenvalue weighted by atomic mass is 32.2. The summed E-state index contributed by atoms with van der Waals surface area (Å²) >= 11 is 0. The Labute approximate surface area is 179 Å². The Morgan fingerprint density at radius 1 is 1.20 bits per heavy atom. The molecule has 0 bridgehead atoms. The molecule has 0 saturated carbocycles. The molecule has 0 spiro atoms. The summed E-state index contributed by atoms with van der Waals surface area (Å²) in [6.45, 7) is 4.82. The molecule has 0 aliphatic carbocycles. The van der Waals surface area contributed by atoms with Crippen LogP contribution < -0.4 is 10.6 Å². The van der Waals surface area contributed by atoms with Gasteiger partial charge in [-0.05, 0) is 62.0 Å². The summed E-state index contributed by atoms with van der Waals surface area (Å²) in [6, 6.07) is 4.21. The molecule has 1 aromatic carbocycles. The topological polar surface area (TPSA) is 83.0 Å². The normalized spacial score (nSPS) is 20.3. The lowest BCUT2D eigenvalue weighted by Gasteiger charge is -2.45. The predicted molar refractivity (Wildman–Crippen MR) is 117 cm³/mol. The summed E-state index contributed by atoms with van der Waals surface area (Å²) in [7, 11) is -1.51. The van der Waals surface area contributed by atoms with Crippen LogP contribution in [0.3, 0.4) is 0 Å². The lowest BCUT2D eigenvalue weighted by molar-refractivity contribution is -0.0164. The molecule has 0 aromatic heterocycles. The van der Waals surface area contributed by atoms with Crippen molar-refractivity contribution in [1.82, 2.24) is 15.5 Å². The van der Waals surface area contributed by atoms with Crippen LogP contribution in [0, 0.1) is 5.82 Å². The molecule has 0 radical (unpaired) electrons. The first-order chi connectivity index (χ1) is 14.3. The Balaban J connectivity index is 1.64. The zero-order chi connectivity index (χ0) is 21.6. The Kier molecular flexibility index (Phi) is 7.70. The lowest BCUT2D eigenvalue weighted by atomic mass is 9.88. The van der Waals surface area contributed by atoms with Gasteiger partial charge in [-0.3, -0.25) is 9.89 Å². The van der Waals surface area contributed by atoms with E-state index in [4.69, 9.17) is 4.74 Å². The zero-order valence-electron chi connectivity index (χ0n) is 17.9. The Morgan fingerprint density at radius 2 is 1.90 bits per heavy atom. The van der Waals surface area contributed by atoms with Crippen LogP contribution in [0.2, 0.25) is 0 Å². The number of ether oxygens (including phenoxy) is 1. The van der Waals surface area contributed by atoms with Gasteiger partial charge in [-0.2, -0.15) is 0 Å². The van der Waals surface area contributed by atoms with E-state index >= 15 is 0 Å². The molecule has 2 aliphatic heterocycles. The van der Waals surface area contributed by atoms with Crippen LogP contribution in [0.5, 0.6) is 0 Å². The number of hydrogen-bond donors (Lipinski definition) is 2. The van der Waals surface area contributed by atoms with Crippen LogP contribution in [0.15, 0.2) is 23.2 Å². The molecule has 1 aromatic rings. The van der Waals surface area contributed by atoms with E-state index in [0.29, 0.717) is 23.6 Å². The summed E-state index contributed by atoms with van der Waals surface area (Å²) in [5.74, 6) is 0.116. The molecular formula is C21H33FN4O3S. The van der Waals surface area contributed by atoms with E-state index in [-0.39, 0.29) is 17.1 Å². The Bertz CT molecular complexity index is 848. The molecule has 0 unspecified atom stereocenters. The summed E-state index contributed by atoms with van der Waals surface area (Å²) < 4.78 is 42.8. The number of sulfone groups is 1. The number of guanidine groups is 1. The highest BCUT2D eigenvalue weighted by molar-refractivity contribution is 7.89. The molecule has 2 fully saturated rings. The first-order valence-corrected chi connectivity index (χ1v) is 12.6. The third kappa shape index (κ3) is 6.15. The fraction of sp³-hybridized carbons (Fsp3) is 0.667. The van der Waals surface area contributed by atoms with E-state index in [1.54, 1.807) is 7.05 Å². The minimum absolute atomic E-state index is 0.0622. The third-order valence-corrected chi connectivity index (χ3v) is 6.88. The van der Waals surface area contributed by atoms with Gasteiger partial charge in [0.05, 0.1) is 5.75 Å². The number of hydrogen-bond acceptors (Lipinski definition) is 5. The van der Waals surface area contributed by atoms with Gasteiger partial charge in [-0.25, -0.2) is 12.8 Å². The van der Waals surface area contributed by atoms with Gasteiger partial charge in [0.1, 0.15) is 5.82 Å². The van der Waals surface area contributed by atoms with Gasteiger partial charge in [-0.1, -0.05) is 6.07 Å². The van der Waals surface area contributed by atoms with Crippen molar-refractivity contribution in [2.24, 2.45) is 4.99 Å². The number of halogens is 1. The second-order valence-electron chi connectivity index (χ2n) is 8.29. The van der Waals surface area contributed by atoms with Crippen LogP contribution in [0.1, 0.15) is 36.8 Å². The van der Waals surface area contributed by atoms with Crippen molar-refractivity contribution in [3.05, 3.63) is 35.1 Å². The lowest BCUT2D eigenvalue weighted by Crippen LogP contribution is -2.58. The first-order valence-electron chi connectivity index (χ1n) is 10.5. The minimum Gasteiger partial charge on any atom is -0.381 e. The molecule has 7 nitrogen and oxygen atoms in total. The van der Waals surface area contributed by atoms with Gasteiger partial charge in [0.25, 0.3) is 0 Å². The smallest absolute Gasteiger partial charge is 0.191 e. The largest absolute Gasteiger partial charge is 0.381 e. The molecule has 2 aliphatic rings. The van der Waals surface area contributed by atoms with Gasteiger partial charge >= 0.3 is 0 Å². The molecule has 30 heavy (non-hydrogen) atoms. The summed E-state index contributed by atoms with van der Waals surface area (Å²) in [4.78, 5) is 6.88. The molecule has 168 valence electrons. The van der Waals surface area contributed by atoms with Gasteiger partial charge in [0.2, 0.25) is 0 Å². The van der Waals surface area contributed by atoms with Gasteiger partial charge in [0.15, 0.2) is 15.8 Å². The molecule has 9 heteroatoms. The average Bonchev–Trinajstić information content (AvgIpc) is 3.25. The first kappa shape index (κ1) is 23.0. The third-order valence-electron chi connectivity index (χ3n) is 6.04. The SMILES string of the molecule is CN=C(NCc1cc(F)ccc1CS(C)(=O)=O)NCC1(N2CCCC2)CCOCC1. The molecule has 2 N–H and O–H groups in total. The highest BCUT2D eigenvalue weighted by Crippen LogP contribution is 2.30. The van der Waals surface area contributed by atoms with E-state index in [9.17, 15) is 12.8 Å². The fourth-order valence-corrected chi connectivity index (χ4v) is 5.22. The van der Waals surface area contributed by atoms with Crippen LogP contribution >= 0.6 is 0 Å². The Morgan fingerprint density at radius 3 is 2.53 bits per heavy atom. The highest BCUT2D eigenvalue weighted by Gasteiger charge is 2.39. The number of rotatable bonds is 7. The average molecular weight is 441 g/mol. The van der Waals surface area contributed by atoms with E-state index in [0.717, 1.165) is 45.7 Å². The van der Waals surface area contributed by atoms with Crippen molar-refractivity contribution in [1.29, 1.82) is 0 Å². The van der Waals surface area contributed by atoms with Crippen molar-refractivity contribution >= 4 is 15.8 Å². The standard InChI is InChI=1S/C21H33FN4O3S/c1-23-20(24-14-18-13-19(22)6-5-17(18)15-30(2,27)28)25-16-21(7-11-29-12-8-21)26-9-3-4-10-26/h5-6,13H,3-4,7-12,14-16H2,1-2H3,(H2,23,24,25). The molecule has 0 amide bonds. The second kappa shape index (κ2) is 10.1. The molecule has 2 heterocycles. The molecule has 0 atom stereocenters. The maximum Gasteiger partial charge on any atom is 0.191 e. The maximum atomic E-state index is 13.8. The van der Waals surface area contributed by atoms with Crippen LogP contribution in [-0.2, 0) is 26.9 Å². The number of aliphatic imine (C=N–C) groups is 1. The quantitative estimate of drug-likeness (QED) is 0.496. The summed E-state index contributed by atoms with van der Waals surface area (Å²) in [5.41, 5.74) is 1.27. The number of likely N-dealkylation sites (tertiary alicyclic amines) is 1. The van der Waals surface area contributed by atoms with Crippen LogP contribution in [0.4, 0.5) is 4.39 Å². The van der Waals surface area contributed by atoms with Crippen LogP contribution in [0.25, 0.3) is 0 Å². The van der Waals surface area contributed by atoms with Crippen molar-refractivity contribution in [3.8, 4) is 0 Å². The fourth-order valence-electron chi connectivity index (χ4n) is 4.38. The van der Waals surface area contributed by atoms with E-state index in [2.05, 4.69) is 20.5 Å². The van der Waals surface area contributed by atoms with Crippen molar-refractivity contribution < 1.29 is 17.5 Å². The molecule has 2 saturated heterocycles. The van der Waals surface area contributed by atoms with E-state index in [1.165, 1.54) is 37.3 Å². The molecular weight excluding hydrogens is 407 g/mol. The Hall–Kier alpha value is -1.71. The van der Waals surface area contributed by atoms with Gasteiger partial charge in [0, 0.05) is 45.1 Å².